The van der Waals surface area contributed by atoms with Crippen molar-refractivity contribution in [2.75, 3.05) is 44.9 Å². The molecule has 174 valence electrons. The topological polar surface area (TPSA) is 59.8 Å². The Morgan fingerprint density at radius 2 is 1.91 bits per heavy atom. The number of methoxy groups -OCH3 is 1. The molecule has 1 aromatic heterocycles. The van der Waals surface area contributed by atoms with Crippen LogP contribution in [0.4, 0.5) is 10.5 Å². The molecule has 33 heavy (non-hydrogen) atoms. The van der Waals surface area contributed by atoms with Crippen LogP contribution in [-0.4, -0.2) is 66.5 Å². The Labute approximate surface area is 194 Å². The van der Waals surface area contributed by atoms with E-state index in [9.17, 15) is 4.79 Å². The van der Waals surface area contributed by atoms with Crippen LogP contribution in [0.15, 0.2) is 42.5 Å². The van der Waals surface area contributed by atoms with E-state index in [2.05, 4.69) is 52.8 Å². The zero-order valence-corrected chi connectivity index (χ0v) is 19.5. The van der Waals surface area contributed by atoms with Gasteiger partial charge in [-0.05, 0) is 37.5 Å². The van der Waals surface area contributed by atoms with Gasteiger partial charge in [0.25, 0.3) is 0 Å². The molecule has 0 bridgehead atoms. The van der Waals surface area contributed by atoms with Gasteiger partial charge in [0.15, 0.2) is 0 Å². The first-order valence-corrected chi connectivity index (χ1v) is 11.9. The van der Waals surface area contributed by atoms with Crippen LogP contribution in [0, 0.1) is 0 Å². The highest BCUT2D eigenvalue weighted by molar-refractivity contribution is 5.95. The number of carbonyl (C=O) groups is 1. The van der Waals surface area contributed by atoms with Gasteiger partial charge >= 0.3 is 6.09 Å². The Balaban J connectivity index is 1.55. The van der Waals surface area contributed by atoms with E-state index in [0.717, 1.165) is 86.8 Å². The van der Waals surface area contributed by atoms with E-state index in [0.29, 0.717) is 0 Å². The number of ether oxygens (including phenoxy) is 2. The van der Waals surface area contributed by atoms with Gasteiger partial charge in [-0.2, -0.15) is 0 Å². The average Bonchev–Trinajstić information content (AvgIpc) is 3.20. The molecule has 7 nitrogen and oxygen atoms in total. The molecule has 0 radical (unpaired) electrons. The molecule has 1 saturated heterocycles. The fourth-order valence-electron chi connectivity index (χ4n) is 5.08. The number of rotatable bonds is 5. The predicted octanol–water partition coefficient (Wildman–Crippen LogP) is 3.87. The molecule has 0 aliphatic carbocycles. The summed E-state index contributed by atoms with van der Waals surface area (Å²) >= 11 is 0. The van der Waals surface area contributed by atoms with Crippen LogP contribution >= 0.6 is 0 Å². The maximum atomic E-state index is 12.5. The second kappa shape index (κ2) is 9.53. The summed E-state index contributed by atoms with van der Waals surface area (Å²) in [6, 6.07) is 14.8. The Bertz CT molecular complexity index is 1120. The van der Waals surface area contributed by atoms with E-state index in [1.165, 1.54) is 12.7 Å². The van der Waals surface area contributed by atoms with E-state index in [1.807, 2.05) is 6.07 Å². The van der Waals surface area contributed by atoms with Crippen LogP contribution in [0.25, 0.3) is 11.0 Å². The van der Waals surface area contributed by atoms with E-state index in [-0.39, 0.29) is 12.1 Å². The summed E-state index contributed by atoms with van der Waals surface area (Å²) in [6.07, 6.45) is 2.28. The number of hydrogen-bond acceptors (Lipinski definition) is 5. The zero-order chi connectivity index (χ0) is 22.8. The number of hydrogen-bond donors (Lipinski definition) is 0. The van der Waals surface area contributed by atoms with Crippen LogP contribution in [0.2, 0.25) is 0 Å². The van der Waals surface area contributed by atoms with Crippen molar-refractivity contribution in [2.24, 2.45) is 0 Å². The third-order valence-corrected chi connectivity index (χ3v) is 6.91. The molecule has 0 spiro atoms. The molecule has 5 rings (SSSR count). The smallest absolute Gasteiger partial charge is 0.414 e. The standard InChI is InChI=1S/C26H32N4O3/c1-19-8-9-21-22(30(19)26(31)32-2)10-11-23-25(21)27-24(18-20-6-4-3-5-7-20)29(23)13-12-28-14-16-33-17-15-28/h3-7,10-11,19H,8-9,12-18H2,1-2H3/t19-/m0/s1. The number of anilines is 1. The summed E-state index contributed by atoms with van der Waals surface area (Å²) in [5, 5.41) is 0. The minimum atomic E-state index is -0.306. The van der Waals surface area contributed by atoms with Gasteiger partial charge in [-0.15, -0.1) is 0 Å². The van der Waals surface area contributed by atoms with Crippen LogP contribution in [0.3, 0.4) is 0 Å². The lowest BCUT2D eigenvalue weighted by Crippen LogP contribution is -2.42. The number of benzene rings is 2. The lowest BCUT2D eigenvalue weighted by Gasteiger charge is -2.34. The molecular formula is C26H32N4O3. The molecule has 3 aromatic rings. The Hall–Kier alpha value is -2.90. The normalized spacial score (nSPS) is 19.0. The number of morpholine rings is 1. The predicted molar refractivity (Wildman–Crippen MR) is 129 cm³/mol. The monoisotopic (exact) mass is 448 g/mol. The van der Waals surface area contributed by atoms with Gasteiger partial charge in [0.05, 0.1) is 37.0 Å². The molecule has 7 heteroatoms. The highest BCUT2D eigenvalue weighted by Crippen LogP contribution is 2.36. The number of aromatic nitrogens is 2. The molecule has 3 heterocycles. The lowest BCUT2D eigenvalue weighted by molar-refractivity contribution is 0.0364. The Morgan fingerprint density at radius 3 is 2.67 bits per heavy atom. The highest BCUT2D eigenvalue weighted by atomic mass is 16.5. The summed E-state index contributed by atoms with van der Waals surface area (Å²) in [5.74, 6) is 1.07. The lowest BCUT2D eigenvalue weighted by atomic mass is 9.96. The largest absolute Gasteiger partial charge is 0.452 e. The summed E-state index contributed by atoms with van der Waals surface area (Å²) in [5.41, 5.74) is 5.49. The van der Waals surface area contributed by atoms with Crippen LogP contribution < -0.4 is 4.90 Å². The number of amides is 1. The summed E-state index contributed by atoms with van der Waals surface area (Å²) in [7, 11) is 1.44. The summed E-state index contributed by atoms with van der Waals surface area (Å²) in [4.78, 5) is 21.9. The third kappa shape index (κ3) is 4.35. The zero-order valence-electron chi connectivity index (χ0n) is 19.5. The van der Waals surface area contributed by atoms with E-state index in [4.69, 9.17) is 14.5 Å². The molecule has 2 aliphatic heterocycles. The Kier molecular flexibility index (Phi) is 6.33. The third-order valence-electron chi connectivity index (χ3n) is 6.91. The molecule has 0 saturated carbocycles. The van der Waals surface area contributed by atoms with Gasteiger partial charge in [0, 0.05) is 44.2 Å². The fraction of sp³-hybridized carbons (Fsp3) is 0.462. The number of aryl methyl sites for hydroxylation is 1. The molecule has 1 fully saturated rings. The minimum Gasteiger partial charge on any atom is -0.452 e. The first-order valence-electron chi connectivity index (χ1n) is 11.9. The number of imidazole rings is 1. The van der Waals surface area contributed by atoms with Gasteiger partial charge in [-0.3, -0.25) is 9.80 Å². The second-order valence-corrected chi connectivity index (χ2v) is 8.95. The van der Waals surface area contributed by atoms with Gasteiger partial charge in [-0.1, -0.05) is 30.3 Å². The van der Waals surface area contributed by atoms with Crippen LogP contribution in [-0.2, 0) is 28.9 Å². The minimum absolute atomic E-state index is 0.106. The molecule has 1 atom stereocenters. The second-order valence-electron chi connectivity index (χ2n) is 8.95. The van der Waals surface area contributed by atoms with E-state index < -0.39 is 0 Å². The van der Waals surface area contributed by atoms with Crippen molar-refractivity contribution < 1.29 is 14.3 Å². The van der Waals surface area contributed by atoms with Crippen molar-refractivity contribution in [1.29, 1.82) is 0 Å². The number of carbonyl (C=O) groups excluding carboxylic acids is 1. The maximum absolute atomic E-state index is 12.5. The van der Waals surface area contributed by atoms with Crippen molar-refractivity contribution in [3.63, 3.8) is 0 Å². The van der Waals surface area contributed by atoms with Crippen molar-refractivity contribution >= 4 is 22.8 Å². The van der Waals surface area contributed by atoms with Crippen LogP contribution in [0.5, 0.6) is 0 Å². The van der Waals surface area contributed by atoms with E-state index in [1.54, 1.807) is 4.90 Å². The van der Waals surface area contributed by atoms with Crippen molar-refractivity contribution in [3.05, 3.63) is 59.4 Å². The quantitative estimate of drug-likeness (QED) is 0.593. The van der Waals surface area contributed by atoms with Crippen molar-refractivity contribution in [2.45, 2.75) is 38.8 Å². The maximum Gasteiger partial charge on any atom is 0.414 e. The molecule has 0 N–H and O–H groups in total. The summed E-state index contributed by atoms with van der Waals surface area (Å²) in [6.45, 7) is 7.48. The van der Waals surface area contributed by atoms with Crippen molar-refractivity contribution in [1.82, 2.24) is 14.5 Å². The first-order chi connectivity index (χ1) is 16.2. The van der Waals surface area contributed by atoms with Crippen LogP contribution in [0.1, 0.15) is 30.3 Å². The van der Waals surface area contributed by atoms with Gasteiger partial charge in [-0.25, -0.2) is 9.78 Å². The molecule has 2 aromatic carbocycles. The van der Waals surface area contributed by atoms with Gasteiger partial charge in [0.2, 0.25) is 0 Å². The molecule has 1 amide bonds. The summed E-state index contributed by atoms with van der Waals surface area (Å²) < 4.78 is 13.0. The van der Waals surface area contributed by atoms with Gasteiger partial charge in [0.1, 0.15) is 5.82 Å². The van der Waals surface area contributed by atoms with Gasteiger partial charge < -0.3 is 14.0 Å². The van der Waals surface area contributed by atoms with Crippen molar-refractivity contribution in [3.8, 4) is 0 Å². The fourth-order valence-corrected chi connectivity index (χ4v) is 5.08. The Morgan fingerprint density at radius 1 is 1.12 bits per heavy atom. The SMILES string of the molecule is COC(=O)N1c2ccc3c(nc(Cc4ccccc4)n3CCN3CCOCC3)c2CC[C@@H]1C. The number of nitrogens with zero attached hydrogens (tertiary/aromatic N) is 4. The highest BCUT2D eigenvalue weighted by Gasteiger charge is 2.31. The van der Waals surface area contributed by atoms with E-state index >= 15 is 0 Å². The first kappa shape index (κ1) is 21.9. The molecule has 2 aliphatic rings. The average molecular weight is 449 g/mol. The molecular weight excluding hydrogens is 416 g/mol. The number of fused-ring (bicyclic) bond motifs is 3. The molecule has 0 unspecified atom stereocenters.